The van der Waals surface area contributed by atoms with Crippen LogP contribution in [0.2, 0.25) is 0 Å². The minimum absolute atomic E-state index is 0. The molecule has 0 bridgehead atoms. The number of hydrogen-bond donors (Lipinski definition) is 4. The molecule has 8 N–H and O–H groups in total. The summed E-state index contributed by atoms with van der Waals surface area (Å²) in [4.78, 5) is 45.6. The average Bonchev–Trinajstić information content (AvgIpc) is 2.60. The molecule has 0 amide bonds. The van der Waals surface area contributed by atoms with Crippen molar-refractivity contribution < 1.29 is 73.3 Å². The van der Waals surface area contributed by atoms with E-state index in [4.69, 9.17) is 10.2 Å². The summed E-state index contributed by atoms with van der Waals surface area (Å²) in [6.45, 7) is 0.778. The van der Waals surface area contributed by atoms with Gasteiger partial charge in [-0.15, -0.1) is 0 Å². The van der Waals surface area contributed by atoms with E-state index in [0.29, 0.717) is 13.1 Å². The molecule has 0 aliphatic heterocycles. The van der Waals surface area contributed by atoms with Crippen molar-refractivity contribution in [1.82, 2.24) is 10.6 Å². The van der Waals surface area contributed by atoms with Crippen molar-refractivity contribution in [3.05, 3.63) is 71.1 Å². The third kappa shape index (κ3) is 8.30. The number of allylic oxidation sites excluding steroid dienone is 8. The van der Waals surface area contributed by atoms with Crippen LogP contribution >= 0.6 is 0 Å². The molecule has 2 rings (SSSR count). The van der Waals surface area contributed by atoms with Crippen molar-refractivity contribution in [2.24, 2.45) is 0 Å². The molecule has 0 saturated carbocycles. The van der Waals surface area contributed by atoms with Crippen molar-refractivity contribution in [1.29, 1.82) is 0 Å². The number of ketones is 2. The Morgan fingerprint density at radius 3 is 1.40 bits per heavy atom. The molecule has 0 aromatic rings. The number of Topliss-reactive ketones (excluding diaryl/α,β-unsaturated/α-hetero) is 2. The first-order valence-corrected chi connectivity index (χ1v) is 7.61. The number of carboxylic acid groups (broad SMARTS) is 2. The number of rotatable bonds is 7. The summed E-state index contributed by atoms with van der Waals surface area (Å²) in [5.41, 5.74) is -0.142. The Morgan fingerprint density at radius 2 is 1.10 bits per heavy atom. The molecule has 0 unspecified atom stereocenters. The van der Waals surface area contributed by atoms with Crippen LogP contribution in [0.4, 0.5) is 0 Å². The number of carbonyl (C=O) groups is 4. The molecule has 2 aliphatic carbocycles. The van der Waals surface area contributed by atoms with Crippen LogP contribution < -0.4 is 10.6 Å². The van der Waals surface area contributed by atoms with Gasteiger partial charge in [-0.05, 0) is 24.3 Å². The van der Waals surface area contributed by atoms with E-state index in [-0.39, 0.29) is 66.2 Å². The van der Waals surface area contributed by atoms with E-state index >= 15 is 0 Å². The van der Waals surface area contributed by atoms with Gasteiger partial charge in [-0.25, -0.2) is 9.59 Å². The molecule has 170 valence electrons. The second-order valence-corrected chi connectivity index (χ2v) is 5.26. The fraction of sp³-hybridized carbons (Fsp3) is 0.111. The van der Waals surface area contributed by atoms with E-state index in [1.807, 2.05) is 0 Å². The van der Waals surface area contributed by atoms with E-state index in [9.17, 15) is 19.2 Å². The maximum absolute atomic E-state index is 11.9. The number of carboxylic acids is 2. The minimum atomic E-state index is -1.28. The molecule has 0 aromatic heterocycles. The van der Waals surface area contributed by atoms with E-state index in [1.165, 1.54) is 48.9 Å². The second kappa shape index (κ2) is 15.1. The van der Waals surface area contributed by atoms with E-state index < -0.39 is 23.5 Å². The van der Waals surface area contributed by atoms with Gasteiger partial charge in [-0.3, -0.25) is 9.59 Å². The molecule has 0 saturated heterocycles. The zero-order valence-electron chi connectivity index (χ0n) is 15.2. The molecule has 0 fully saturated rings. The third-order valence-corrected chi connectivity index (χ3v) is 3.48. The van der Waals surface area contributed by atoms with Gasteiger partial charge in [0.2, 0.25) is 11.6 Å². The van der Waals surface area contributed by atoms with Crippen LogP contribution in [0.3, 0.4) is 0 Å². The summed E-state index contributed by atoms with van der Waals surface area (Å²) in [5, 5.41) is 23.5. The summed E-state index contributed by atoms with van der Waals surface area (Å²) in [6.07, 6.45) is 11.3. The normalized spacial score (nSPS) is 16.8. The van der Waals surface area contributed by atoms with Gasteiger partial charge in [0.1, 0.15) is 11.1 Å². The Hall–Kier alpha value is -2.77. The first-order valence-electron chi connectivity index (χ1n) is 7.61. The van der Waals surface area contributed by atoms with Gasteiger partial charge in [-0.1, -0.05) is 12.2 Å². The molecule has 0 heterocycles. The van der Waals surface area contributed by atoms with Crippen LogP contribution in [0, 0.1) is 0 Å². The van der Waals surface area contributed by atoms with Crippen molar-refractivity contribution in [3.63, 3.8) is 0 Å². The van der Waals surface area contributed by atoms with Crippen molar-refractivity contribution in [2.75, 3.05) is 13.1 Å². The predicted octanol–water partition coefficient (Wildman–Crippen LogP) is -1.42. The molecule has 12 heteroatoms. The summed E-state index contributed by atoms with van der Waals surface area (Å²) < 4.78 is 0. The van der Waals surface area contributed by atoms with Gasteiger partial charge < -0.3 is 31.8 Å². The zero-order valence-corrected chi connectivity index (χ0v) is 17.2. The van der Waals surface area contributed by atoms with Crippen LogP contribution in [-0.4, -0.2) is 57.8 Å². The van der Waals surface area contributed by atoms with E-state index in [2.05, 4.69) is 10.6 Å². The molecule has 0 spiro atoms. The number of hydrogen-bond acceptors (Lipinski definition) is 6. The summed E-state index contributed by atoms with van der Waals surface area (Å²) in [6, 6.07) is 0. The zero-order chi connectivity index (χ0) is 19.1. The van der Waals surface area contributed by atoms with Gasteiger partial charge >= 0.3 is 11.9 Å². The fourth-order valence-corrected chi connectivity index (χ4v) is 2.18. The first kappa shape index (κ1) is 31.9. The van der Waals surface area contributed by atoms with Crippen LogP contribution in [-0.2, 0) is 52.2 Å². The smallest absolute Gasteiger partial charge is 0.339 e. The SMILES string of the molecule is O.O.O=C(O)C1=CC=CC(=CNCCNC=C2C=CC=C(C(=O)O)C2=O)C1=O.[Ni].[Ni]. The monoisotopic (exact) mass is 508 g/mol. The van der Waals surface area contributed by atoms with Crippen molar-refractivity contribution in [3.8, 4) is 0 Å². The van der Waals surface area contributed by atoms with Crippen molar-refractivity contribution >= 4 is 23.5 Å². The van der Waals surface area contributed by atoms with E-state index in [0.717, 1.165) is 0 Å². The first-order chi connectivity index (χ1) is 12.4. The van der Waals surface area contributed by atoms with Gasteiger partial charge in [0, 0.05) is 69.6 Å². The minimum Gasteiger partial charge on any atom is -0.478 e. The molecular weight excluding hydrogens is 490 g/mol. The Balaban J connectivity index is -0.00000182. The van der Waals surface area contributed by atoms with Crippen molar-refractivity contribution in [2.45, 2.75) is 0 Å². The van der Waals surface area contributed by atoms with Gasteiger partial charge in [0.25, 0.3) is 0 Å². The summed E-state index contributed by atoms with van der Waals surface area (Å²) in [5.74, 6) is -3.71. The van der Waals surface area contributed by atoms with Crippen LogP contribution in [0.5, 0.6) is 0 Å². The molecule has 0 aromatic carbocycles. The largest absolute Gasteiger partial charge is 0.478 e. The molecular formula is C18H20N2Ni2O8. The number of aliphatic carboxylic acids is 2. The molecule has 2 aliphatic rings. The van der Waals surface area contributed by atoms with Crippen LogP contribution in [0.25, 0.3) is 0 Å². The number of nitrogens with one attached hydrogen (secondary N) is 2. The quantitative estimate of drug-likeness (QED) is 0.139. The molecule has 10 nitrogen and oxygen atoms in total. The third-order valence-electron chi connectivity index (χ3n) is 3.48. The van der Waals surface area contributed by atoms with Gasteiger partial charge in [-0.2, -0.15) is 0 Å². The number of carbonyl (C=O) groups excluding carboxylic acids is 2. The topological polar surface area (TPSA) is 196 Å². The summed E-state index contributed by atoms with van der Waals surface area (Å²) >= 11 is 0. The Labute approximate surface area is 191 Å². The summed E-state index contributed by atoms with van der Waals surface area (Å²) in [7, 11) is 0. The predicted molar refractivity (Wildman–Crippen MR) is 99.1 cm³/mol. The molecule has 0 atom stereocenters. The van der Waals surface area contributed by atoms with Crippen LogP contribution in [0.15, 0.2) is 71.1 Å². The Kier molecular flexibility index (Phi) is 16.1. The maximum atomic E-state index is 11.9. The Morgan fingerprint density at radius 1 is 0.767 bits per heavy atom. The molecule has 30 heavy (non-hydrogen) atoms. The van der Waals surface area contributed by atoms with Gasteiger partial charge in [0.15, 0.2) is 0 Å². The standard InChI is InChI=1S/C18H16N2O6.2Ni.2H2O/c21-15-11(3-1-5-13(15)17(23)24)9-19-7-8-20-10-12-4-2-6-14(16(12)22)18(25)26;;;;/h1-6,9-10,19-20H,7-8H2,(H,23,24)(H,25,26);;;2*1H2. The van der Waals surface area contributed by atoms with E-state index in [1.54, 1.807) is 0 Å². The van der Waals surface area contributed by atoms with Gasteiger partial charge in [0.05, 0.1) is 0 Å². The molecule has 0 radical (unpaired) electrons. The average molecular weight is 510 g/mol. The maximum Gasteiger partial charge on any atom is 0.339 e. The van der Waals surface area contributed by atoms with Crippen LogP contribution in [0.1, 0.15) is 0 Å². The second-order valence-electron chi connectivity index (χ2n) is 5.26. The Bertz CT molecular complexity index is 784. The fourth-order valence-electron chi connectivity index (χ4n) is 2.18.